The molecule has 2 rings (SSSR count). The summed E-state index contributed by atoms with van der Waals surface area (Å²) in [6, 6.07) is 5.73. The van der Waals surface area contributed by atoms with Gasteiger partial charge in [-0.15, -0.1) is 0 Å². The van der Waals surface area contributed by atoms with Crippen LogP contribution in [0, 0.1) is 5.92 Å². The quantitative estimate of drug-likeness (QED) is 0.730. The van der Waals surface area contributed by atoms with Gasteiger partial charge >= 0.3 is 12.1 Å². The number of anilines is 1. The van der Waals surface area contributed by atoms with Crippen LogP contribution in [0.3, 0.4) is 0 Å². The van der Waals surface area contributed by atoms with Gasteiger partial charge in [0.2, 0.25) is 0 Å². The highest BCUT2D eigenvalue weighted by Gasteiger charge is 2.23. The van der Waals surface area contributed by atoms with Crippen molar-refractivity contribution in [3.63, 3.8) is 0 Å². The highest BCUT2D eigenvalue weighted by Crippen LogP contribution is 2.24. The molecule has 0 saturated heterocycles. The van der Waals surface area contributed by atoms with E-state index in [0.29, 0.717) is 12.3 Å². The molecule has 0 radical (unpaired) electrons. The number of rotatable bonds is 5. The molecule has 1 saturated carbocycles. The fourth-order valence-electron chi connectivity index (χ4n) is 2.81. The van der Waals surface area contributed by atoms with Crippen LogP contribution >= 0.6 is 0 Å². The Morgan fingerprint density at radius 2 is 1.76 bits per heavy atom. The smallest absolute Gasteiger partial charge is 0.404 e. The van der Waals surface area contributed by atoms with Gasteiger partial charge in [-0.05, 0) is 55.9 Å². The fourth-order valence-corrected chi connectivity index (χ4v) is 3.44. The Morgan fingerprint density at radius 1 is 1.16 bits per heavy atom. The maximum absolute atomic E-state index is 12.0. The summed E-state index contributed by atoms with van der Waals surface area (Å²) in [7, 11) is -3.25. The molecule has 0 aliphatic heterocycles. The van der Waals surface area contributed by atoms with Gasteiger partial charge in [0.15, 0.2) is 9.84 Å². The van der Waals surface area contributed by atoms with Crippen molar-refractivity contribution in [3.05, 3.63) is 24.3 Å². The first-order valence-electron chi connectivity index (χ1n) is 8.04. The summed E-state index contributed by atoms with van der Waals surface area (Å²) in [6.07, 6.45) is 3.66. The molecular formula is C16H23N3O5S. The van der Waals surface area contributed by atoms with Crippen molar-refractivity contribution in [1.29, 1.82) is 0 Å². The van der Waals surface area contributed by atoms with Crippen LogP contribution in [-0.4, -0.2) is 39.4 Å². The lowest BCUT2D eigenvalue weighted by molar-refractivity contribution is 0.120. The second-order valence-corrected chi connectivity index (χ2v) is 8.26. The van der Waals surface area contributed by atoms with Gasteiger partial charge in [0.25, 0.3) is 0 Å². The van der Waals surface area contributed by atoms with Crippen LogP contribution in [0.1, 0.15) is 25.7 Å². The van der Waals surface area contributed by atoms with Gasteiger partial charge in [-0.25, -0.2) is 18.0 Å². The number of nitrogens with two attached hydrogens (primary N) is 1. The lowest BCUT2D eigenvalue weighted by atomic mass is 9.86. The van der Waals surface area contributed by atoms with Gasteiger partial charge in [-0.2, -0.15) is 0 Å². The Labute approximate surface area is 147 Å². The SMILES string of the molecule is CS(=O)(=O)c1ccc(NC(=O)N[C@H]2CC[C@@H](COC(N)=O)CC2)cc1. The molecule has 0 bridgehead atoms. The Kier molecular flexibility index (Phi) is 6.24. The molecular weight excluding hydrogens is 346 g/mol. The highest BCUT2D eigenvalue weighted by atomic mass is 32.2. The van der Waals surface area contributed by atoms with E-state index in [1.807, 2.05) is 0 Å². The fraction of sp³-hybridized carbons (Fsp3) is 0.500. The van der Waals surface area contributed by atoms with E-state index in [1.54, 1.807) is 12.1 Å². The minimum atomic E-state index is -3.25. The monoisotopic (exact) mass is 369 g/mol. The summed E-state index contributed by atoms with van der Waals surface area (Å²) in [4.78, 5) is 22.8. The van der Waals surface area contributed by atoms with Crippen LogP contribution in [0.25, 0.3) is 0 Å². The second kappa shape index (κ2) is 8.19. The minimum Gasteiger partial charge on any atom is -0.449 e. The highest BCUT2D eigenvalue weighted by molar-refractivity contribution is 7.90. The molecule has 1 aliphatic rings. The van der Waals surface area contributed by atoms with Gasteiger partial charge in [0, 0.05) is 18.0 Å². The molecule has 0 spiro atoms. The van der Waals surface area contributed by atoms with Crippen molar-refractivity contribution < 1.29 is 22.7 Å². The van der Waals surface area contributed by atoms with E-state index < -0.39 is 15.9 Å². The number of primary amides is 1. The second-order valence-electron chi connectivity index (χ2n) is 6.24. The van der Waals surface area contributed by atoms with Crippen LogP contribution < -0.4 is 16.4 Å². The van der Waals surface area contributed by atoms with E-state index in [0.717, 1.165) is 31.9 Å². The number of amides is 3. The molecule has 0 aromatic heterocycles. The van der Waals surface area contributed by atoms with Crippen molar-refractivity contribution in [2.24, 2.45) is 11.7 Å². The van der Waals surface area contributed by atoms with E-state index in [-0.39, 0.29) is 22.9 Å². The Bertz CT molecular complexity index is 710. The number of hydrogen-bond donors (Lipinski definition) is 3. The third-order valence-corrected chi connectivity index (χ3v) is 5.31. The lowest BCUT2D eigenvalue weighted by Gasteiger charge is -2.28. The Balaban J connectivity index is 1.77. The van der Waals surface area contributed by atoms with Gasteiger partial charge < -0.3 is 21.1 Å². The van der Waals surface area contributed by atoms with Crippen molar-refractivity contribution in [3.8, 4) is 0 Å². The van der Waals surface area contributed by atoms with Crippen LogP contribution in [0.15, 0.2) is 29.2 Å². The molecule has 4 N–H and O–H groups in total. The summed E-state index contributed by atoms with van der Waals surface area (Å²) in [5.41, 5.74) is 5.47. The van der Waals surface area contributed by atoms with Crippen molar-refractivity contribution in [2.75, 3.05) is 18.2 Å². The first-order chi connectivity index (χ1) is 11.7. The molecule has 1 aromatic rings. The zero-order valence-electron chi connectivity index (χ0n) is 14.0. The van der Waals surface area contributed by atoms with Crippen LogP contribution in [0.4, 0.5) is 15.3 Å². The summed E-state index contributed by atoms with van der Waals surface area (Å²) < 4.78 is 27.6. The third-order valence-electron chi connectivity index (χ3n) is 4.18. The van der Waals surface area contributed by atoms with E-state index in [2.05, 4.69) is 10.6 Å². The summed E-state index contributed by atoms with van der Waals surface area (Å²) in [5, 5.41) is 5.59. The van der Waals surface area contributed by atoms with Crippen LogP contribution in [-0.2, 0) is 14.6 Å². The normalized spacial score (nSPS) is 20.5. The number of carbonyl (C=O) groups excluding carboxylic acids is 2. The predicted octanol–water partition coefficient (Wildman–Crippen LogP) is 1.87. The number of benzene rings is 1. The first-order valence-corrected chi connectivity index (χ1v) is 9.93. The lowest BCUT2D eigenvalue weighted by Crippen LogP contribution is -2.40. The molecule has 1 aromatic carbocycles. The number of urea groups is 1. The summed E-state index contributed by atoms with van der Waals surface area (Å²) in [5.74, 6) is 0.275. The molecule has 1 aliphatic carbocycles. The van der Waals surface area contributed by atoms with E-state index in [1.165, 1.54) is 12.1 Å². The van der Waals surface area contributed by atoms with E-state index in [4.69, 9.17) is 10.5 Å². The van der Waals surface area contributed by atoms with Crippen LogP contribution in [0.2, 0.25) is 0 Å². The number of hydrogen-bond acceptors (Lipinski definition) is 5. The topological polar surface area (TPSA) is 128 Å². The molecule has 138 valence electrons. The van der Waals surface area contributed by atoms with Gasteiger partial charge in [0.1, 0.15) is 0 Å². The van der Waals surface area contributed by atoms with Crippen molar-refractivity contribution >= 4 is 27.6 Å². The van der Waals surface area contributed by atoms with E-state index in [9.17, 15) is 18.0 Å². The molecule has 8 nitrogen and oxygen atoms in total. The maximum Gasteiger partial charge on any atom is 0.404 e. The van der Waals surface area contributed by atoms with Gasteiger partial charge in [-0.1, -0.05) is 0 Å². The minimum absolute atomic E-state index is 0.0557. The molecule has 1 fully saturated rings. The van der Waals surface area contributed by atoms with Crippen molar-refractivity contribution in [1.82, 2.24) is 5.32 Å². The zero-order valence-corrected chi connectivity index (χ0v) is 14.8. The van der Waals surface area contributed by atoms with Gasteiger partial charge in [0.05, 0.1) is 11.5 Å². The third kappa shape index (κ3) is 6.26. The predicted molar refractivity (Wildman–Crippen MR) is 93.0 cm³/mol. The first kappa shape index (κ1) is 19.0. The maximum atomic E-state index is 12.0. The molecule has 0 heterocycles. The number of carbonyl (C=O) groups is 2. The summed E-state index contributed by atoms with van der Waals surface area (Å²) >= 11 is 0. The molecule has 3 amide bonds. The summed E-state index contributed by atoms with van der Waals surface area (Å²) in [6.45, 7) is 0.320. The number of ether oxygens (including phenoxy) is 1. The molecule has 0 atom stereocenters. The van der Waals surface area contributed by atoms with E-state index >= 15 is 0 Å². The molecule has 0 unspecified atom stereocenters. The largest absolute Gasteiger partial charge is 0.449 e. The van der Waals surface area contributed by atoms with Crippen molar-refractivity contribution in [2.45, 2.75) is 36.6 Å². The van der Waals surface area contributed by atoms with Gasteiger partial charge in [-0.3, -0.25) is 0 Å². The number of sulfone groups is 1. The molecule has 9 heteroatoms. The number of nitrogens with one attached hydrogen (secondary N) is 2. The van der Waals surface area contributed by atoms with Crippen LogP contribution in [0.5, 0.6) is 0 Å². The Morgan fingerprint density at radius 3 is 2.28 bits per heavy atom. The zero-order chi connectivity index (χ0) is 18.4. The molecule has 25 heavy (non-hydrogen) atoms. The average Bonchev–Trinajstić information content (AvgIpc) is 2.53. The Hall–Kier alpha value is -2.29. The average molecular weight is 369 g/mol. The standard InChI is InChI=1S/C16H23N3O5S/c1-25(22,23)14-8-6-13(7-9-14)19-16(21)18-12-4-2-11(3-5-12)10-24-15(17)20/h6-9,11-12H,2-5,10H2,1H3,(H2,17,20)(H2,18,19,21)/t11-,12+.